The molecule has 0 amide bonds. The third kappa shape index (κ3) is 19.1. The molecule has 2 rings (SSSR count). The fraction of sp³-hybridized carbons (Fsp3) is 0.812. The van der Waals surface area contributed by atoms with E-state index < -0.39 is 0 Å². The molecule has 0 radical (unpaired) electrons. The Morgan fingerprint density at radius 1 is 0.432 bits per heavy atom. The normalized spacial score (nSPS) is 14.4. The van der Waals surface area contributed by atoms with Crippen molar-refractivity contribution in [2.24, 2.45) is 0 Å². The molecule has 44 heavy (non-hydrogen) atoms. The van der Waals surface area contributed by atoms with Crippen molar-refractivity contribution in [1.82, 2.24) is 9.80 Å². The Kier molecular flexibility index (Phi) is 23.4. The number of ether oxygens (including phenoxy) is 10. The predicted octanol–water partition coefficient (Wildman–Crippen LogP) is 2.07. The van der Waals surface area contributed by atoms with Gasteiger partial charge in [-0.1, -0.05) is 0 Å². The van der Waals surface area contributed by atoms with Crippen LogP contribution in [0.25, 0.3) is 0 Å². The van der Waals surface area contributed by atoms with Crippen LogP contribution in [0.3, 0.4) is 0 Å². The SMILES string of the molecule is COCCOCCOCCOc1cc(C)c(C)cc1OCCOCCOCCN1CCN(CCOCCOCCOC)CC1. The molecule has 1 heterocycles. The lowest BCUT2D eigenvalue weighted by molar-refractivity contribution is 0.0108. The van der Waals surface area contributed by atoms with E-state index in [1.54, 1.807) is 14.2 Å². The fourth-order valence-electron chi connectivity index (χ4n) is 4.28. The van der Waals surface area contributed by atoms with Gasteiger partial charge in [0.15, 0.2) is 11.5 Å². The molecule has 1 saturated heterocycles. The maximum absolute atomic E-state index is 5.98. The van der Waals surface area contributed by atoms with Gasteiger partial charge < -0.3 is 47.4 Å². The first kappa shape index (κ1) is 38.6. The molecule has 1 aliphatic rings. The van der Waals surface area contributed by atoms with Crippen LogP contribution in [0.15, 0.2) is 12.1 Å². The summed E-state index contributed by atoms with van der Waals surface area (Å²) in [4.78, 5) is 4.90. The molecule has 1 fully saturated rings. The Hall–Kier alpha value is -1.58. The Balaban J connectivity index is 1.44. The van der Waals surface area contributed by atoms with Gasteiger partial charge in [0.05, 0.1) is 92.5 Å². The summed E-state index contributed by atoms with van der Waals surface area (Å²) in [7, 11) is 3.33. The maximum Gasteiger partial charge on any atom is 0.161 e. The lowest BCUT2D eigenvalue weighted by Crippen LogP contribution is -2.48. The molecule has 0 N–H and O–H groups in total. The average molecular weight is 631 g/mol. The monoisotopic (exact) mass is 630 g/mol. The summed E-state index contributed by atoms with van der Waals surface area (Å²) in [6.45, 7) is 19.3. The number of piperazine rings is 1. The van der Waals surface area contributed by atoms with Gasteiger partial charge in [-0.15, -0.1) is 0 Å². The minimum atomic E-state index is 0.432. The zero-order valence-corrected chi connectivity index (χ0v) is 27.7. The van der Waals surface area contributed by atoms with E-state index in [9.17, 15) is 0 Å². The lowest BCUT2D eigenvalue weighted by atomic mass is 10.1. The summed E-state index contributed by atoms with van der Waals surface area (Å²) in [5.74, 6) is 1.43. The van der Waals surface area contributed by atoms with Crippen molar-refractivity contribution < 1.29 is 47.4 Å². The smallest absolute Gasteiger partial charge is 0.161 e. The highest BCUT2D eigenvalue weighted by Crippen LogP contribution is 2.30. The first-order chi connectivity index (χ1) is 21.6. The first-order valence-corrected chi connectivity index (χ1v) is 15.9. The molecule has 0 atom stereocenters. The highest BCUT2D eigenvalue weighted by atomic mass is 16.6. The number of hydrogen-bond acceptors (Lipinski definition) is 12. The minimum absolute atomic E-state index is 0.432. The Morgan fingerprint density at radius 2 is 0.727 bits per heavy atom. The maximum atomic E-state index is 5.98. The van der Waals surface area contributed by atoms with Crippen molar-refractivity contribution in [2.75, 3.05) is 159 Å². The summed E-state index contributed by atoms with van der Waals surface area (Å²) in [5.41, 5.74) is 2.30. The molecule has 1 aromatic rings. The van der Waals surface area contributed by atoms with Crippen molar-refractivity contribution in [2.45, 2.75) is 13.8 Å². The average Bonchev–Trinajstić information content (AvgIpc) is 3.03. The van der Waals surface area contributed by atoms with Crippen LogP contribution in [0.4, 0.5) is 0 Å². The van der Waals surface area contributed by atoms with E-state index >= 15 is 0 Å². The third-order valence-corrected chi connectivity index (χ3v) is 7.08. The van der Waals surface area contributed by atoms with Gasteiger partial charge in [0, 0.05) is 53.5 Å². The second-order valence-electron chi connectivity index (χ2n) is 10.4. The topological polar surface area (TPSA) is 98.8 Å². The molecule has 0 aromatic heterocycles. The summed E-state index contributed by atoms with van der Waals surface area (Å²) >= 11 is 0. The van der Waals surface area contributed by atoms with Gasteiger partial charge in [-0.3, -0.25) is 9.80 Å². The van der Waals surface area contributed by atoms with Crippen LogP contribution in [0.5, 0.6) is 11.5 Å². The summed E-state index contributed by atoms with van der Waals surface area (Å²) < 4.78 is 55.4. The molecular formula is C32H58N2O10. The lowest BCUT2D eigenvalue weighted by Gasteiger charge is -2.34. The molecule has 12 nitrogen and oxygen atoms in total. The predicted molar refractivity (Wildman–Crippen MR) is 168 cm³/mol. The van der Waals surface area contributed by atoms with Gasteiger partial charge in [0.25, 0.3) is 0 Å². The van der Waals surface area contributed by atoms with Gasteiger partial charge in [-0.25, -0.2) is 0 Å². The summed E-state index contributed by atoms with van der Waals surface area (Å²) in [6, 6.07) is 4.01. The molecule has 0 saturated carbocycles. The largest absolute Gasteiger partial charge is 0.487 e. The standard InChI is InChI=1S/C32H58N2O10/c1-29-27-31(32(28-30(29)2)44-26-24-42-22-21-40-16-14-36-4)43-25-23-41-20-18-38-12-10-34-7-5-33(6-8-34)9-11-37-17-19-39-15-13-35-3/h27-28H,5-26H2,1-4H3. The van der Waals surface area contributed by atoms with E-state index in [0.29, 0.717) is 111 Å². The molecule has 1 aromatic carbocycles. The Labute approximate surface area is 265 Å². The zero-order chi connectivity index (χ0) is 31.5. The quantitative estimate of drug-likeness (QED) is 0.121. The molecule has 0 unspecified atom stereocenters. The number of methoxy groups -OCH3 is 2. The summed E-state index contributed by atoms with van der Waals surface area (Å²) in [5, 5.41) is 0. The molecule has 0 spiro atoms. The second kappa shape index (κ2) is 26.6. The van der Waals surface area contributed by atoms with E-state index in [-0.39, 0.29) is 0 Å². The van der Waals surface area contributed by atoms with E-state index in [1.807, 2.05) is 12.1 Å². The van der Waals surface area contributed by atoms with Gasteiger partial charge in [-0.2, -0.15) is 0 Å². The van der Waals surface area contributed by atoms with Gasteiger partial charge in [-0.05, 0) is 37.1 Å². The molecule has 12 heteroatoms. The number of nitrogens with zero attached hydrogens (tertiary/aromatic N) is 2. The molecule has 0 bridgehead atoms. The van der Waals surface area contributed by atoms with Crippen molar-refractivity contribution in [3.8, 4) is 11.5 Å². The third-order valence-electron chi connectivity index (χ3n) is 7.08. The van der Waals surface area contributed by atoms with Crippen molar-refractivity contribution in [3.63, 3.8) is 0 Å². The van der Waals surface area contributed by atoms with E-state index in [0.717, 1.165) is 57.0 Å². The van der Waals surface area contributed by atoms with Crippen LogP contribution in [0, 0.1) is 13.8 Å². The van der Waals surface area contributed by atoms with Gasteiger partial charge >= 0.3 is 0 Å². The van der Waals surface area contributed by atoms with Crippen LogP contribution >= 0.6 is 0 Å². The fourth-order valence-corrected chi connectivity index (χ4v) is 4.28. The Morgan fingerprint density at radius 3 is 1.07 bits per heavy atom. The molecule has 1 aliphatic heterocycles. The van der Waals surface area contributed by atoms with E-state index in [1.165, 1.54) is 0 Å². The number of hydrogen-bond donors (Lipinski definition) is 0. The van der Waals surface area contributed by atoms with E-state index in [2.05, 4.69) is 23.6 Å². The summed E-state index contributed by atoms with van der Waals surface area (Å²) in [6.07, 6.45) is 0. The molecule has 256 valence electrons. The van der Waals surface area contributed by atoms with Crippen LogP contribution in [-0.2, 0) is 37.9 Å². The zero-order valence-electron chi connectivity index (χ0n) is 27.7. The highest BCUT2D eigenvalue weighted by Gasteiger charge is 2.16. The second-order valence-corrected chi connectivity index (χ2v) is 10.4. The van der Waals surface area contributed by atoms with Crippen LogP contribution in [0.1, 0.15) is 11.1 Å². The number of benzene rings is 1. The highest BCUT2D eigenvalue weighted by molar-refractivity contribution is 5.46. The van der Waals surface area contributed by atoms with Crippen LogP contribution in [-0.4, -0.2) is 169 Å². The van der Waals surface area contributed by atoms with Crippen LogP contribution in [0.2, 0.25) is 0 Å². The first-order valence-electron chi connectivity index (χ1n) is 15.9. The van der Waals surface area contributed by atoms with Crippen molar-refractivity contribution in [3.05, 3.63) is 23.3 Å². The number of aryl methyl sites for hydroxylation is 2. The van der Waals surface area contributed by atoms with Crippen LogP contribution < -0.4 is 9.47 Å². The van der Waals surface area contributed by atoms with E-state index in [4.69, 9.17) is 47.4 Å². The van der Waals surface area contributed by atoms with Gasteiger partial charge in [0.1, 0.15) is 13.2 Å². The minimum Gasteiger partial charge on any atom is -0.487 e. The Bertz CT molecular complexity index is 811. The molecular weight excluding hydrogens is 572 g/mol. The molecule has 0 aliphatic carbocycles. The number of rotatable bonds is 29. The van der Waals surface area contributed by atoms with Crippen molar-refractivity contribution >= 4 is 0 Å². The van der Waals surface area contributed by atoms with Gasteiger partial charge in [0.2, 0.25) is 0 Å². The van der Waals surface area contributed by atoms with Crippen molar-refractivity contribution in [1.29, 1.82) is 0 Å².